The van der Waals surface area contributed by atoms with Crippen molar-refractivity contribution < 1.29 is 44.3 Å². The zero-order valence-corrected chi connectivity index (χ0v) is 9.96. The Kier molecular flexibility index (Phi) is 5.60. The molecule has 0 amide bonds. The number of aliphatic hydroxyl groups is 1. The van der Waals surface area contributed by atoms with Gasteiger partial charge in [0, 0.05) is 13.0 Å². The van der Waals surface area contributed by atoms with Crippen LogP contribution in [-0.4, -0.2) is 50.5 Å². The molecule has 0 radical (unpaired) electrons. The van der Waals surface area contributed by atoms with Gasteiger partial charge in [0.2, 0.25) is 10.0 Å². The Morgan fingerprint density at radius 1 is 0.947 bits per heavy atom. The van der Waals surface area contributed by atoms with Crippen LogP contribution in [0.25, 0.3) is 0 Å². The van der Waals surface area contributed by atoms with Crippen molar-refractivity contribution in [2.45, 2.75) is 24.4 Å². The van der Waals surface area contributed by atoms with Gasteiger partial charge < -0.3 is 5.11 Å². The molecule has 0 aliphatic carbocycles. The fraction of sp³-hybridized carbons (Fsp3) is 1.00. The van der Waals surface area contributed by atoms with Crippen LogP contribution in [0.4, 0.5) is 30.7 Å². The highest BCUT2D eigenvalue weighted by molar-refractivity contribution is 7.89. The normalized spacial score (nSPS) is 14.7. The molecule has 4 nitrogen and oxygen atoms in total. The number of nitrogens with one attached hydrogen (secondary N) is 1. The van der Waals surface area contributed by atoms with E-state index in [1.807, 2.05) is 0 Å². The maximum atomic E-state index is 13.1. The van der Waals surface area contributed by atoms with Crippen molar-refractivity contribution in [3.63, 3.8) is 0 Å². The van der Waals surface area contributed by atoms with Gasteiger partial charge in [-0.25, -0.2) is 17.5 Å². The van der Waals surface area contributed by atoms with E-state index < -0.39 is 53.4 Å². The van der Waals surface area contributed by atoms with Crippen LogP contribution in [0.1, 0.15) is 6.42 Å². The van der Waals surface area contributed by atoms with Crippen LogP contribution in [0.3, 0.4) is 0 Å². The van der Waals surface area contributed by atoms with Crippen molar-refractivity contribution in [3.05, 3.63) is 0 Å². The third-order valence-corrected chi connectivity index (χ3v) is 3.43. The SMILES string of the molecule is O=S(=O)(CCC(F)(C(F)(F)F)C(F)(F)F)NCCO. The highest BCUT2D eigenvalue weighted by atomic mass is 32.2. The van der Waals surface area contributed by atoms with Gasteiger partial charge in [-0.3, -0.25) is 0 Å². The molecule has 0 aliphatic rings. The van der Waals surface area contributed by atoms with E-state index in [4.69, 9.17) is 5.11 Å². The van der Waals surface area contributed by atoms with Crippen LogP contribution in [0.2, 0.25) is 0 Å². The van der Waals surface area contributed by atoms with Crippen molar-refractivity contribution in [2.75, 3.05) is 18.9 Å². The van der Waals surface area contributed by atoms with Crippen molar-refractivity contribution >= 4 is 10.0 Å². The second-order valence-electron chi connectivity index (χ2n) is 3.48. The number of hydrogen-bond acceptors (Lipinski definition) is 3. The number of hydrogen-bond donors (Lipinski definition) is 2. The van der Waals surface area contributed by atoms with Crippen LogP contribution >= 0.6 is 0 Å². The van der Waals surface area contributed by atoms with Gasteiger partial charge >= 0.3 is 12.4 Å². The molecule has 0 aliphatic heterocycles. The standard InChI is InChI=1S/C7H10F7NO3S/c8-5(6(9,10)11,7(12,13)14)1-4-19(17,18)15-2-3-16/h15-16H,1-4H2. The summed E-state index contributed by atoms with van der Waals surface area (Å²) in [5.74, 6) is -1.72. The molecule has 0 heterocycles. The summed E-state index contributed by atoms with van der Waals surface area (Å²) in [5.41, 5.74) is -5.60. The zero-order chi connectivity index (χ0) is 15.5. The first-order valence-corrected chi connectivity index (χ1v) is 6.32. The summed E-state index contributed by atoms with van der Waals surface area (Å²) < 4.78 is 109. The summed E-state index contributed by atoms with van der Waals surface area (Å²) in [6.07, 6.45) is -14.9. The van der Waals surface area contributed by atoms with Gasteiger partial charge in [-0.05, 0) is 0 Å². The van der Waals surface area contributed by atoms with E-state index in [0.29, 0.717) is 0 Å². The van der Waals surface area contributed by atoms with Crippen LogP contribution in [0, 0.1) is 0 Å². The fourth-order valence-corrected chi connectivity index (χ4v) is 2.09. The van der Waals surface area contributed by atoms with Gasteiger partial charge in [0.05, 0.1) is 12.4 Å². The van der Waals surface area contributed by atoms with Crippen LogP contribution in [0.5, 0.6) is 0 Å². The van der Waals surface area contributed by atoms with Crippen molar-refractivity contribution in [2.24, 2.45) is 0 Å². The van der Waals surface area contributed by atoms with Crippen LogP contribution < -0.4 is 4.72 Å². The lowest BCUT2D eigenvalue weighted by Crippen LogP contribution is -2.54. The lowest BCUT2D eigenvalue weighted by Gasteiger charge is -2.29. The Bertz CT molecular complexity index is 374. The fourth-order valence-electron chi connectivity index (χ4n) is 0.993. The lowest BCUT2D eigenvalue weighted by atomic mass is 10.0. The van der Waals surface area contributed by atoms with Crippen molar-refractivity contribution in [1.29, 1.82) is 0 Å². The van der Waals surface area contributed by atoms with Crippen molar-refractivity contribution in [1.82, 2.24) is 4.72 Å². The Morgan fingerprint density at radius 2 is 1.37 bits per heavy atom. The molecule has 0 rings (SSSR count). The molecule has 19 heavy (non-hydrogen) atoms. The summed E-state index contributed by atoms with van der Waals surface area (Å²) in [6.45, 7) is -1.31. The van der Waals surface area contributed by atoms with Gasteiger partial charge in [0.1, 0.15) is 0 Å². The summed E-state index contributed by atoms with van der Waals surface area (Å²) >= 11 is 0. The largest absolute Gasteiger partial charge is 0.431 e. The van der Waals surface area contributed by atoms with Gasteiger partial charge in [-0.2, -0.15) is 26.3 Å². The molecule has 0 unspecified atom stereocenters. The first-order valence-electron chi connectivity index (χ1n) is 4.67. The maximum Gasteiger partial charge on any atom is 0.431 e. The number of sulfonamides is 1. The van der Waals surface area contributed by atoms with Crippen LogP contribution in [0.15, 0.2) is 0 Å². The predicted molar refractivity (Wildman–Crippen MR) is 49.4 cm³/mol. The molecule has 0 atom stereocenters. The second kappa shape index (κ2) is 5.79. The molecule has 0 bridgehead atoms. The summed E-state index contributed by atoms with van der Waals surface area (Å²) in [4.78, 5) is 0. The van der Waals surface area contributed by atoms with E-state index in [2.05, 4.69) is 0 Å². The maximum absolute atomic E-state index is 13.1. The average Bonchev–Trinajstić information content (AvgIpc) is 2.20. The van der Waals surface area contributed by atoms with E-state index in [1.54, 1.807) is 0 Å². The minimum Gasteiger partial charge on any atom is -0.395 e. The lowest BCUT2D eigenvalue weighted by molar-refractivity contribution is -0.341. The first kappa shape index (κ1) is 18.4. The van der Waals surface area contributed by atoms with Gasteiger partial charge in [-0.1, -0.05) is 0 Å². The molecule has 0 aromatic carbocycles. The number of aliphatic hydroxyl groups excluding tert-OH is 1. The molecule has 0 saturated carbocycles. The quantitative estimate of drug-likeness (QED) is 0.721. The molecule has 2 N–H and O–H groups in total. The number of alkyl halides is 7. The minimum atomic E-state index is -6.28. The molecule has 0 spiro atoms. The zero-order valence-electron chi connectivity index (χ0n) is 9.15. The molecule has 12 heteroatoms. The molecule has 0 fully saturated rings. The average molecular weight is 321 g/mol. The molecule has 0 saturated heterocycles. The monoisotopic (exact) mass is 321 g/mol. The van der Waals surface area contributed by atoms with Gasteiger partial charge in [0.25, 0.3) is 5.67 Å². The molecular weight excluding hydrogens is 311 g/mol. The molecule has 0 aromatic heterocycles. The second-order valence-corrected chi connectivity index (χ2v) is 5.41. The van der Waals surface area contributed by atoms with Gasteiger partial charge in [0.15, 0.2) is 0 Å². The summed E-state index contributed by atoms with van der Waals surface area (Å²) in [5, 5.41) is 8.26. The Morgan fingerprint density at radius 3 is 1.68 bits per heavy atom. The number of rotatable bonds is 6. The first-order chi connectivity index (χ1) is 8.27. The summed E-state index contributed by atoms with van der Waals surface area (Å²) in [7, 11) is -4.55. The molecular formula is C7H10F7NO3S. The minimum absolute atomic E-state index is 0.598. The van der Waals surface area contributed by atoms with E-state index in [1.165, 1.54) is 4.72 Å². The highest BCUT2D eigenvalue weighted by Gasteiger charge is 2.72. The molecule has 0 aromatic rings. The van der Waals surface area contributed by atoms with E-state index in [-0.39, 0.29) is 0 Å². The Hall–Kier alpha value is -0.620. The Balaban J connectivity index is 5.00. The predicted octanol–water partition coefficient (Wildman–Crippen LogP) is 1.12. The molecule has 116 valence electrons. The highest BCUT2D eigenvalue weighted by Crippen LogP contribution is 2.48. The topological polar surface area (TPSA) is 66.4 Å². The third-order valence-electron chi connectivity index (χ3n) is 2.05. The van der Waals surface area contributed by atoms with E-state index in [9.17, 15) is 39.2 Å². The van der Waals surface area contributed by atoms with Crippen molar-refractivity contribution in [3.8, 4) is 0 Å². The summed E-state index contributed by atoms with van der Waals surface area (Å²) in [6, 6.07) is 0. The van der Waals surface area contributed by atoms with Gasteiger partial charge in [-0.15, -0.1) is 0 Å². The smallest absolute Gasteiger partial charge is 0.395 e. The third kappa shape index (κ3) is 4.76. The van der Waals surface area contributed by atoms with Crippen LogP contribution in [-0.2, 0) is 10.0 Å². The Labute approximate surface area is 103 Å². The van der Waals surface area contributed by atoms with E-state index in [0.717, 1.165) is 0 Å². The number of halogens is 7. The van der Waals surface area contributed by atoms with E-state index >= 15 is 0 Å².